The number of nitrogens with zero attached hydrogens (tertiary/aromatic N) is 3. The molecule has 0 bridgehead atoms. The van der Waals surface area contributed by atoms with E-state index in [4.69, 9.17) is 9.47 Å². The summed E-state index contributed by atoms with van der Waals surface area (Å²) in [6.45, 7) is 2.60. The largest absolute Gasteiger partial charge is 0.490 e. The lowest BCUT2D eigenvalue weighted by Crippen LogP contribution is -2.02. The number of hydrogen-bond acceptors (Lipinski definition) is 8. The number of fused-ring (bicyclic) bond motifs is 1. The Kier molecular flexibility index (Phi) is 7.94. The monoisotopic (exact) mass is 564 g/mol. The quantitative estimate of drug-likeness (QED) is 0.127. The molecule has 0 unspecified atom stereocenters. The van der Waals surface area contributed by atoms with Crippen LogP contribution in [0.5, 0.6) is 11.5 Å². The number of nitro groups is 2. The van der Waals surface area contributed by atoms with Crippen LogP contribution < -0.4 is 14.9 Å². The average Bonchev–Trinajstić information content (AvgIpc) is 2.88. The molecule has 1 N–H and O–H groups in total. The lowest BCUT2D eigenvalue weighted by molar-refractivity contribution is -0.393. The Bertz CT molecular complexity index is 1500. The Hall–Kier alpha value is -4.51. The maximum atomic E-state index is 11.3. The Morgan fingerprint density at radius 1 is 0.973 bits per heavy atom. The van der Waals surface area contributed by atoms with Gasteiger partial charge in [0.1, 0.15) is 12.3 Å². The molecular weight excluding hydrogens is 544 g/mol. The van der Waals surface area contributed by atoms with E-state index in [0.717, 1.165) is 28.5 Å². The van der Waals surface area contributed by atoms with E-state index in [0.29, 0.717) is 34.7 Å². The van der Waals surface area contributed by atoms with Crippen LogP contribution in [0.4, 0.5) is 17.1 Å². The number of nitrogens with one attached hydrogen (secondary N) is 1. The van der Waals surface area contributed by atoms with Gasteiger partial charge >= 0.3 is 5.69 Å². The summed E-state index contributed by atoms with van der Waals surface area (Å²) in [7, 11) is 0. The second kappa shape index (κ2) is 11.5. The van der Waals surface area contributed by atoms with Gasteiger partial charge in [0.25, 0.3) is 5.69 Å². The summed E-state index contributed by atoms with van der Waals surface area (Å²) in [6, 6.07) is 20.9. The highest BCUT2D eigenvalue weighted by molar-refractivity contribution is 9.10. The molecule has 0 heterocycles. The third-order valence-electron chi connectivity index (χ3n) is 5.37. The van der Waals surface area contributed by atoms with E-state index >= 15 is 0 Å². The fourth-order valence-electron chi connectivity index (χ4n) is 3.69. The maximum absolute atomic E-state index is 11.3. The van der Waals surface area contributed by atoms with Crippen molar-refractivity contribution in [1.29, 1.82) is 0 Å². The highest BCUT2D eigenvalue weighted by Gasteiger charge is 2.19. The average molecular weight is 565 g/mol. The lowest BCUT2D eigenvalue weighted by Gasteiger charge is -2.15. The zero-order valence-corrected chi connectivity index (χ0v) is 21.2. The number of rotatable bonds is 10. The molecule has 0 radical (unpaired) electrons. The number of anilines is 1. The van der Waals surface area contributed by atoms with Gasteiger partial charge in [-0.3, -0.25) is 25.7 Å². The second-order valence-electron chi connectivity index (χ2n) is 7.78. The summed E-state index contributed by atoms with van der Waals surface area (Å²) in [5, 5.41) is 28.5. The summed E-state index contributed by atoms with van der Waals surface area (Å²) in [5.74, 6) is 1.03. The smallest absolute Gasteiger partial charge is 0.301 e. The zero-order chi connectivity index (χ0) is 26.4. The first kappa shape index (κ1) is 25.6. The standard InChI is InChI=1S/C26H21BrN4O6/c1-2-36-25-13-17(15-28-29-23-11-10-20(30(32)33)14-24(23)31(34)35)12-22(27)26(25)37-16-19-8-5-7-18-6-3-4-9-21(18)19/h3-15,29H,2,16H2,1H3/b28-15-. The van der Waals surface area contributed by atoms with Crippen molar-refractivity contribution in [3.05, 3.63) is 109 Å². The normalized spacial score (nSPS) is 11.0. The molecule has 4 rings (SSSR count). The minimum Gasteiger partial charge on any atom is -0.490 e. The summed E-state index contributed by atoms with van der Waals surface area (Å²) in [5.41, 5.74) is 3.42. The van der Waals surface area contributed by atoms with Gasteiger partial charge < -0.3 is 9.47 Å². The van der Waals surface area contributed by atoms with E-state index in [1.165, 1.54) is 12.3 Å². The van der Waals surface area contributed by atoms with Crippen molar-refractivity contribution in [3.8, 4) is 11.5 Å². The van der Waals surface area contributed by atoms with E-state index in [2.05, 4.69) is 26.5 Å². The fraction of sp³-hybridized carbons (Fsp3) is 0.115. The molecular formula is C26H21BrN4O6. The van der Waals surface area contributed by atoms with Crippen molar-refractivity contribution < 1.29 is 19.3 Å². The van der Waals surface area contributed by atoms with Crippen LogP contribution in [0.3, 0.4) is 0 Å². The van der Waals surface area contributed by atoms with E-state index in [-0.39, 0.29) is 11.4 Å². The molecule has 37 heavy (non-hydrogen) atoms. The van der Waals surface area contributed by atoms with Crippen molar-refractivity contribution in [2.24, 2.45) is 5.10 Å². The second-order valence-corrected chi connectivity index (χ2v) is 8.63. The van der Waals surface area contributed by atoms with Crippen LogP contribution in [0.25, 0.3) is 10.8 Å². The van der Waals surface area contributed by atoms with Crippen LogP contribution in [-0.4, -0.2) is 22.7 Å². The third-order valence-corrected chi connectivity index (χ3v) is 5.96. The predicted molar refractivity (Wildman–Crippen MR) is 145 cm³/mol. The highest BCUT2D eigenvalue weighted by atomic mass is 79.9. The van der Waals surface area contributed by atoms with Gasteiger partial charge in [-0.15, -0.1) is 0 Å². The number of nitro benzene ring substituents is 2. The molecule has 188 valence electrons. The van der Waals surface area contributed by atoms with Crippen LogP contribution in [0, 0.1) is 20.2 Å². The van der Waals surface area contributed by atoms with Crippen molar-refractivity contribution in [2.45, 2.75) is 13.5 Å². The molecule has 4 aromatic rings. The van der Waals surface area contributed by atoms with Gasteiger partial charge in [0.15, 0.2) is 11.5 Å². The molecule has 0 aliphatic heterocycles. The molecule has 0 spiro atoms. The third kappa shape index (κ3) is 6.01. The molecule has 0 aromatic heterocycles. The maximum Gasteiger partial charge on any atom is 0.301 e. The van der Waals surface area contributed by atoms with Crippen LogP contribution in [0.2, 0.25) is 0 Å². The van der Waals surface area contributed by atoms with Crippen molar-refractivity contribution in [1.82, 2.24) is 0 Å². The van der Waals surface area contributed by atoms with Gasteiger partial charge in [-0.2, -0.15) is 5.10 Å². The number of ether oxygens (including phenoxy) is 2. The topological polar surface area (TPSA) is 129 Å². The number of hydrogen-bond donors (Lipinski definition) is 1. The molecule has 4 aromatic carbocycles. The van der Waals surface area contributed by atoms with E-state index in [9.17, 15) is 20.2 Å². The predicted octanol–water partition coefficient (Wildman–Crippen LogP) is 6.84. The fourth-order valence-corrected chi connectivity index (χ4v) is 4.26. The Balaban J connectivity index is 1.55. The molecule has 0 amide bonds. The van der Waals surface area contributed by atoms with Gasteiger partial charge in [0.2, 0.25) is 0 Å². The molecule has 0 fully saturated rings. The Morgan fingerprint density at radius 2 is 1.76 bits per heavy atom. The number of hydrazone groups is 1. The molecule has 0 atom stereocenters. The first-order chi connectivity index (χ1) is 17.9. The zero-order valence-electron chi connectivity index (χ0n) is 19.6. The minimum absolute atomic E-state index is 0.0194. The molecule has 0 aliphatic carbocycles. The van der Waals surface area contributed by atoms with Gasteiger partial charge in [0.05, 0.1) is 33.2 Å². The summed E-state index contributed by atoms with van der Waals surface area (Å²) in [6.07, 6.45) is 1.45. The van der Waals surface area contributed by atoms with Crippen LogP contribution >= 0.6 is 15.9 Å². The van der Waals surface area contributed by atoms with Gasteiger partial charge in [-0.25, -0.2) is 0 Å². The van der Waals surface area contributed by atoms with Gasteiger partial charge in [0, 0.05) is 6.07 Å². The van der Waals surface area contributed by atoms with Crippen LogP contribution in [0.1, 0.15) is 18.1 Å². The van der Waals surface area contributed by atoms with E-state index < -0.39 is 15.5 Å². The van der Waals surface area contributed by atoms with Crippen LogP contribution in [0.15, 0.2) is 82.4 Å². The Labute approximate surface area is 220 Å². The van der Waals surface area contributed by atoms with E-state index in [1.54, 1.807) is 12.1 Å². The number of non-ortho nitro benzene ring substituents is 1. The molecule has 0 saturated heterocycles. The Morgan fingerprint density at radius 3 is 2.51 bits per heavy atom. The SMILES string of the molecule is CCOc1cc(/C=N\Nc2ccc([N+](=O)[O-])cc2[N+](=O)[O-])cc(Br)c1OCc1cccc2ccccc12. The first-order valence-corrected chi connectivity index (χ1v) is 11.9. The summed E-state index contributed by atoms with van der Waals surface area (Å²) < 4.78 is 12.6. The van der Waals surface area contributed by atoms with E-state index in [1.807, 2.05) is 49.4 Å². The molecule has 0 aliphatic rings. The first-order valence-electron chi connectivity index (χ1n) is 11.1. The molecule has 0 saturated carbocycles. The van der Waals surface area contributed by atoms with Crippen molar-refractivity contribution in [3.63, 3.8) is 0 Å². The summed E-state index contributed by atoms with van der Waals surface area (Å²) in [4.78, 5) is 20.8. The van der Waals surface area contributed by atoms with Crippen molar-refractivity contribution in [2.75, 3.05) is 12.0 Å². The minimum atomic E-state index is -0.712. The number of benzene rings is 4. The van der Waals surface area contributed by atoms with Crippen molar-refractivity contribution >= 4 is 50.0 Å². The van der Waals surface area contributed by atoms with Gasteiger partial charge in [-0.1, -0.05) is 42.5 Å². The molecule has 10 nitrogen and oxygen atoms in total. The van der Waals surface area contributed by atoms with Gasteiger partial charge in [-0.05, 0) is 63.0 Å². The summed E-state index contributed by atoms with van der Waals surface area (Å²) >= 11 is 3.54. The highest BCUT2D eigenvalue weighted by Crippen LogP contribution is 2.37. The molecule has 11 heteroatoms. The van der Waals surface area contributed by atoms with Crippen LogP contribution in [-0.2, 0) is 6.61 Å². The lowest BCUT2D eigenvalue weighted by atomic mass is 10.1. The number of halogens is 1.